The lowest BCUT2D eigenvalue weighted by Crippen LogP contribution is -2.06. The van der Waals surface area contributed by atoms with E-state index in [1.54, 1.807) is 0 Å². The summed E-state index contributed by atoms with van der Waals surface area (Å²) in [6.07, 6.45) is 2.06. The maximum Gasteiger partial charge on any atom is 0.0600 e. The summed E-state index contributed by atoms with van der Waals surface area (Å²) in [6, 6.07) is 0. The molecule has 0 spiro atoms. The van der Waals surface area contributed by atoms with Crippen molar-refractivity contribution in [2.75, 3.05) is 14.1 Å². The molecule has 0 saturated carbocycles. The predicted molar refractivity (Wildman–Crippen MR) is 46.2 cm³/mol. The average molecular weight is 140 g/mol. The van der Waals surface area contributed by atoms with Gasteiger partial charge in [-0.3, -0.25) is 0 Å². The molecular formula is C8H16N2. The number of hydrazone groups is 1. The second kappa shape index (κ2) is 4.09. The first kappa shape index (κ1) is 9.21. The highest BCUT2D eigenvalue weighted by atomic mass is 15.4. The van der Waals surface area contributed by atoms with Gasteiger partial charge in [0.05, 0.1) is 5.71 Å². The van der Waals surface area contributed by atoms with Crippen LogP contribution in [0.25, 0.3) is 0 Å². The first-order valence-corrected chi connectivity index (χ1v) is 3.43. The first-order chi connectivity index (χ1) is 4.57. The Bertz CT molecular complexity index is 155. The normalized spacial score (nSPS) is 13.7. The predicted octanol–water partition coefficient (Wildman–Crippen LogP) is 1.89. The molecule has 0 aliphatic heterocycles. The molecule has 0 rings (SSSR count). The summed E-state index contributed by atoms with van der Waals surface area (Å²) in [7, 11) is 3.85. The molecule has 58 valence electrons. The Hall–Kier alpha value is -0.790. The lowest BCUT2D eigenvalue weighted by Gasteiger charge is -2.06. The third-order valence-electron chi connectivity index (χ3n) is 1.35. The SMILES string of the molecule is C/C=C(C)/C(C)=N/N(C)C. The van der Waals surface area contributed by atoms with Crippen LogP contribution >= 0.6 is 0 Å². The smallest absolute Gasteiger partial charge is 0.0600 e. The highest BCUT2D eigenvalue weighted by Gasteiger charge is 1.91. The van der Waals surface area contributed by atoms with Crippen molar-refractivity contribution in [1.29, 1.82) is 0 Å². The van der Waals surface area contributed by atoms with Crippen LogP contribution in [0.15, 0.2) is 16.8 Å². The zero-order valence-electron chi connectivity index (χ0n) is 7.47. The molecule has 0 aromatic heterocycles. The molecule has 0 N–H and O–H groups in total. The van der Waals surface area contributed by atoms with Crippen LogP contribution in [0, 0.1) is 0 Å². The number of hydrogen-bond donors (Lipinski definition) is 0. The largest absolute Gasteiger partial charge is 0.303 e. The van der Waals surface area contributed by atoms with Crippen molar-refractivity contribution in [2.24, 2.45) is 5.10 Å². The van der Waals surface area contributed by atoms with Crippen LogP contribution in [0.2, 0.25) is 0 Å². The second-order valence-electron chi connectivity index (χ2n) is 2.50. The van der Waals surface area contributed by atoms with Crippen LogP contribution in [-0.4, -0.2) is 24.8 Å². The highest BCUT2D eigenvalue weighted by Crippen LogP contribution is 1.96. The Labute approximate surface area is 63.2 Å². The summed E-state index contributed by atoms with van der Waals surface area (Å²) in [6.45, 7) is 6.08. The summed E-state index contributed by atoms with van der Waals surface area (Å²) < 4.78 is 0. The van der Waals surface area contributed by atoms with Crippen molar-refractivity contribution in [2.45, 2.75) is 20.8 Å². The van der Waals surface area contributed by atoms with Crippen molar-refractivity contribution in [3.8, 4) is 0 Å². The number of rotatable bonds is 2. The van der Waals surface area contributed by atoms with Crippen molar-refractivity contribution in [1.82, 2.24) is 5.01 Å². The zero-order valence-corrected chi connectivity index (χ0v) is 7.47. The van der Waals surface area contributed by atoms with E-state index in [0.717, 1.165) is 5.71 Å². The van der Waals surface area contributed by atoms with E-state index in [1.807, 2.05) is 33.0 Å². The maximum absolute atomic E-state index is 4.23. The molecular weight excluding hydrogens is 124 g/mol. The van der Waals surface area contributed by atoms with Crippen LogP contribution in [0.1, 0.15) is 20.8 Å². The van der Waals surface area contributed by atoms with Gasteiger partial charge in [0, 0.05) is 14.1 Å². The molecule has 2 nitrogen and oxygen atoms in total. The van der Waals surface area contributed by atoms with Gasteiger partial charge in [0.2, 0.25) is 0 Å². The Balaban J connectivity index is 4.20. The quantitative estimate of drug-likeness (QED) is 0.422. The molecule has 0 bridgehead atoms. The molecule has 0 aliphatic rings. The van der Waals surface area contributed by atoms with Crippen LogP contribution < -0.4 is 0 Å². The van der Waals surface area contributed by atoms with E-state index in [9.17, 15) is 0 Å². The van der Waals surface area contributed by atoms with Gasteiger partial charge in [0.1, 0.15) is 0 Å². The Morgan fingerprint density at radius 1 is 1.30 bits per heavy atom. The minimum Gasteiger partial charge on any atom is -0.303 e. The van der Waals surface area contributed by atoms with E-state index in [-0.39, 0.29) is 0 Å². The van der Waals surface area contributed by atoms with Crippen LogP contribution in [0.5, 0.6) is 0 Å². The van der Waals surface area contributed by atoms with Gasteiger partial charge in [0.15, 0.2) is 0 Å². The standard InChI is InChI=1S/C8H16N2/c1-6-7(2)8(3)9-10(4)5/h6H,1-5H3/b7-6+,9-8+. The van der Waals surface area contributed by atoms with E-state index >= 15 is 0 Å². The zero-order chi connectivity index (χ0) is 8.15. The van der Waals surface area contributed by atoms with E-state index in [2.05, 4.69) is 18.1 Å². The fourth-order valence-electron chi connectivity index (χ4n) is 0.588. The summed E-state index contributed by atoms with van der Waals surface area (Å²) in [5.74, 6) is 0. The number of nitrogens with zero attached hydrogens (tertiary/aromatic N) is 2. The third kappa shape index (κ3) is 3.28. The molecule has 0 radical (unpaired) electrons. The minimum atomic E-state index is 1.08. The second-order valence-corrected chi connectivity index (χ2v) is 2.50. The molecule has 0 aliphatic carbocycles. The molecule has 0 saturated heterocycles. The Kier molecular flexibility index (Phi) is 3.77. The number of hydrogen-bond acceptors (Lipinski definition) is 2. The van der Waals surface area contributed by atoms with Gasteiger partial charge in [-0.15, -0.1) is 0 Å². The Morgan fingerprint density at radius 2 is 1.80 bits per heavy atom. The molecule has 0 fully saturated rings. The minimum absolute atomic E-state index is 1.08. The van der Waals surface area contributed by atoms with Gasteiger partial charge in [-0.2, -0.15) is 5.10 Å². The Morgan fingerprint density at radius 3 is 2.10 bits per heavy atom. The van der Waals surface area contributed by atoms with Gasteiger partial charge >= 0.3 is 0 Å². The van der Waals surface area contributed by atoms with Gasteiger partial charge in [0.25, 0.3) is 0 Å². The summed E-state index contributed by atoms with van der Waals surface area (Å²) in [4.78, 5) is 0. The van der Waals surface area contributed by atoms with Crippen LogP contribution in [-0.2, 0) is 0 Å². The monoisotopic (exact) mass is 140 g/mol. The molecule has 0 aromatic carbocycles. The van der Waals surface area contributed by atoms with E-state index in [1.165, 1.54) is 5.57 Å². The highest BCUT2D eigenvalue weighted by molar-refractivity contribution is 5.97. The lowest BCUT2D eigenvalue weighted by atomic mass is 10.2. The molecule has 0 atom stereocenters. The molecule has 0 aromatic rings. The summed E-state index contributed by atoms with van der Waals surface area (Å²) >= 11 is 0. The van der Waals surface area contributed by atoms with Crippen LogP contribution in [0.4, 0.5) is 0 Å². The summed E-state index contributed by atoms with van der Waals surface area (Å²) in [5.41, 5.74) is 2.31. The van der Waals surface area contributed by atoms with E-state index < -0.39 is 0 Å². The molecule has 0 amide bonds. The molecule has 0 heterocycles. The maximum atomic E-state index is 4.23. The summed E-state index contributed by atoms with van der Waals surface area (Å²) in [5, 5.41) is 6.04. The van der Waals surface area contributed by atoms with E-state index in [0.29, 0.717) is 0 Å². The fraction of sp³-hybridized carbons (Fsp3) is 0.625. The molecule has 0 unspecified atom stereocenters. The third-order valence-corrected chi connectivity index (χ3v) is 1.35. The molecule has 2 heteroatoms. The van der Waals surface area contributed by atoms with E-state index in [4.69, 9.17) is 0 Å². The van der Waals surface area contributed by atoms with Crippen molar-refractivity contribution >= 4 is 5.71 Å². The van der Waals surface area contributed by atoms with Crippen LogP contribution in [0.3, 0.4) is 0 Å². The lowest BCUT2D eigenvalue weighted by molar-refractivity contribution is 0.437. The van der Waals surface area contributed by atoms with Crippen molar-refractivity contribution in [3.63, 3.8) is 0 Å². The fourth-order valence-corrected chi connectivity index (χ4v) is 0.588. The molecule has 10 heavy (non-hydrogen) atoms. The van der Waals surface area contributed by atoms with Crippen molar-refractivity contribution < 1.29 is 0 Å². The first-order valence-electron chi connectivity index (χ1n) is 3.43. The van der Waals surface area contributed by atoms with Gasteiger partial charge in [-0.25, -0.2) is 0 Å². The van der Waals surface area contributed by atoms with Gasteiger partial charge < -0.3 is 5.01 Å². The topological polar surface area (TPSA) is 15.6 Å². The van der Waals surface area contributed by atoms with Crippen molar-refractivity contribution in [3.05, 3.63) is 11.6 Å². The van der Waals surface area contributed by atoms with Gasteiger partial charge in [-0.05, 0) is 26.3 Å². The van der Waals surface area contributed by atoms with Gasteiger partial charge in [-0.1, -0.05) is 6.08 Å². The average Bonchev–Trinajstić information content (AvgIpc) is 1.85. The number of allylic oxidation sites excluding steroid dienone is 2.